The first-order valence-corrected chi connectivity index (χ1v) is 11.1. The van der Waals surface area contributed by atoms with E-state index in [4.69, 9.17) is 9.26 Å². The first kappa shape index (κ1) is 24.4. The van der Waals surface area contributed by atoms with Crippen LogP contribution in [0.5, 0.6) is 11.5 Å². The zero-order valence-corrected chi connectivity index (χ0v) is 20.6. The minimum absolute atomic E-state index is 0.103. The van der Waals surface area contributed by atoms with Crippen LogP contribution in [0.25, 0.3) is 0 Å². The highest BCUT2D eigenvalue weighted by Crippen LogP contribution is 2.46. The molecule has 2 atom stereocenters. The molecule has 0 saturated heterocycles. The van der Waals surface area contributed by atoms with E-state index in [1.807, 2.05) is 0 Å². The Morgan fingerprint density at radius 2 is 1.30 bits per heavy atom. The predicted molar refractivity (Wildman–Crippen MR) is 125 cm³/mol. The number of benzene rings is 2. The lowest BCUT2D eigenvalue weighted by Crippen LogP contribution is -2.17. The number of rotatable bonds is 6. The molecule has 0 radical (unpaired) electrons. The molecule has 30 heavy (non-hydrogen) atoms. The summed E-state index contributed by atoms with van der Waals surface area (Å²) in [5.41, 5.74) is 5.84. The second kappa shape index (κ2) is 9.08. The van der Waals surface area contributed by atoms with E-state index in [1.165, 1.54) is 0 Å². The summed E-state index contributed by atoms with van der Waals surface area (Å²) in [7, 11) is -0.649. The van der Waals surface area contributed by atoms with Crippen molar-refractivity contribution in [3.8, 4) is 11.5 Å². The summed E-state index contributed by atoms with van der Waals surface area (Å²) in [5.74, 6) is 1.21. The third-order valence-corrected chi connectivity index (χ3v) is 5.68. The molecule has 0 aromatic heterocycles. The third-order valence-electron chi connectivity index (χ3n) is 5.39. The van der Waals surface area contributed by atoms with Gasteiger partial charge in [0.25, 0.3) is 6.47 Å². The van der Waals surface area contributed by atoms with Crippen LogP contribution in [0.1, 0.15) is 87.8 Å². The van der Waals surface area contributed by atoms with Gasteiger partial charge in [0.05, 0.1) is 0 Å². The predicted octanol–water partition coefficient (Wildman–Crippen LogP) is 6.47. The van der Waals surface area contributed by atoms with Crippen molar-refractivity contribution in [3.05, 3.63) is 57.6 Å². The van der Waals surface area contributed by atoms with Crippen molar-refractivity contribution in [1.82, 2.24) is 0 Å². The highest BCUT2D eigenvalue weighted by Gasteiger charge is 2.29. The maximum atomic E-state index is 11.4. The van der Waals surface area contributed by atoms with Crippen molar-refractivity contribution < 1.29 is 18.9 Å². The molecule has 0 heterocycles. The lowest BCUT2D eigenvalue weighted by Gasteiger charge is -2.29. The molecule has 0 fully saturated rings. The number of carbonyl (C=O) groups excluding carboxylic acids is 1. The highest BCUT2D eigenvalue weighted by atomic mass is 31.1. The van der Waals surface area contributed by atoms with Crippen LogP contribution in [0, 0.1) is 13.8 Å². The Kier molecular flexibility index (Phi) is 7.37. The lowest BCUT2D eigenvalue weighted by atomic mass is 9.78. The number of aryl methyl sites for hydroxylation is 2. The van der Waals surface area contributed by atoms with Gasteiger partial charge in [-0.05, 0) is 24.7 Å². The van der Waals surface area contributed by atoms with E-state index in [1.54, 1.807) is 0 Å². The zero-order chi connectivity index (χ0) is 22.9. The smallest absolute Gasteiger partial charge is 0.298 e. The van der Waals surface area contributed by atoms with Crippen molar-refractivity contribution in [2.75, 3.05) is 0 Å². The van der Waals surface area contributed by atoms with Gasteiger partial charge in [-0.2, -0.15) is 0 Å². The van der Waals surface area contributed by atoms with Crippen LogP contribution in [0.15, 0.2) is 24.3 Å². The van der Waals surface area contributed by atoms with E-state index < -0.39 is 9.03 Å². The van der Waals surface area contributed by atoms with Gasteiger partial charge in [-0.25, -0.2) is 0 Å². The van der Waals surface area contributed by atoms with Gasteiger partial charge >= 0.3 is 0 Å². The van der Waals surface area contributed by atoms with Crippen molar-refractivity contribution in [1.29, 1.82) is 0 Å². The molecule has 4 nitrogen and oxygen atoms in total. The fraction of sp³-hybridized carbons (Fsp3) is 0.480. The Bertz CT molecular complexity index is 920. The van der Waals surface area contributed by atoms with E-state index in [-0.39, 0.29) is 16.7 Å². The van der Waals surface area contributed by atoms with Crippen molar-refractivity contribution >= 4 is 15.5 Å². The minimum atomic E-state index is -0.649. The van der Waals surface area contributed by atoms with Gasteiger partial charge in [0, 0.05) is 28.2 Å². The number of hydrogen-bond acceptors (Lipinski definition) is 4. The second-order valence-corrected chi connectivity index (χ2v) is 10.5. The standard InChI is InChI=1S/C25H35O4P/c1-15-10-18(22(28-14-26)20(12-15)24(4,5)6)17(3)19-11-16(2)13-21(25(7,8)9)23(19)29-30-27/h10-14,17,27,30H,1-9H3. The summed E-state index contributed by atoms with van der Waals surface area (Å²) in [6.45, 7) is 19.4. The largest absolute Gasteiger partial charge is 0.449 e. The normalized spacial score (nSPS) is 13.5. The fourth-order valence-electron chi connectivity index (χ4n) is 3.87. The Balaban J connectivity index is 2.83. The van der Waals surface area contributed by atoms with Crippen LogP contribution < -0.4 is 9.26 Å². The van der Waals surface area contributed by atoms with Crippen LogP contribution >= 0.6 is 9.03 Å². The average molecular weight is 431 g/mol. The van der Waals surface area contributed by atoms with Gasteiger partial charge in [0.1, 0.15) is 11.5 Å². The number of ether oxygens (including phenoxy) is 1. The molecule has 0 amide bonds. The summed E-state index contributed by atoms with van der Waals surface area (Å²) in [5, 5.41) is 0. The molecular formula is C25H35O4P. The molecule has 0 aliphatic rings. The van der Waals surface area contributed by atoms with Crippen LogP contribution in [-0.2, 0) is 15.6 Å². The van der Waals surface area contributed by atoms with Crippen LogP contribution in [0.2, 0.25) is 0 Å². The molecule has 0 saturated carbocycles. The molecule has 0 aliphatic carbocycles. The van der Waals surface area contributed by atoms with Gasteiger partial charge in [-0.1, -0.05) is 83.9 Å². The molecule has 0 spiro atoms. The van der Waals surface area contributed by atoms with Crippen molar-refractivity contribution in [3.63, 3.8) is 0 Å². The summed E-state index contributed by atoms with van der Waals surface area (Å²) in [4.78, 5) is 21.0. The molecule has 2 aromatic carbocycles. The fourth-order valence-corrected chi connectivity index (χ4v) is 4.19. The zero-order valence-electron chi connectivity index (χ0n) is 19.6. The topological polar surface area (TPSA) is 55.8 Å². The Morgan fingerprint density at radius 1 is 0.867 bits per heavy atom. The Hall–Kier alpha value is -1.90. The Labute approximate surface area is 183 Å². The molecule has 2 aromatic rings. The SMILES string of the molecule is Cc1cc(C(C)c2cc(C)cc(C(C)(C)C)c2OPO)c(OC=O)c(C(C)(C)C)c1. The van der Waals surface area contributed by atoms with E-state index in [2.05, 4.69) is 86.6 Å². The first-order valence-electron chi connectivity index (χ1n) is 10.3. The molecule has 164 valence electrons. The lowest BCUT2D eigenvalue weighted by molar-refractivity contribution is -0.120. The summed E-state index contributed by atoms with van der Waals surface area (Å²) in [6.07, 6.45) is 0. The van der Waals surface area contributed by atoms with Gasteiger partial charge < -0.3 is 14.2 Å². The highest BCUT2D eigenvalue weighted by molar-refractivity contribution is 7.25. The van der Waals surface area contributed by atoms with E-state index >= 15 is 0 Å². The first-order chi connectivity index (χ1) is 13.8. The van der Waals surface area contributed by atoms with E-state index in [9.17, 15) is 9.69 Å². The summed E-state index contributed by atoms with van der Waals surface area (Å²) < 4.78 is 11.3. The molecule has 1 N–H and O–H groups in total. The maximum Gasteiger partial charge on any atom is 0.298 e. The second-order valence-electron chi connectivity index (χ2n) is 10.1. The molecule has 0 bridgehead atoms. The molecule has 0 aliphatic heterocycles. The molecule has 5 heteroatoms. The molecular weight excluding hydrogens is 395 g/mol. The van der Waals surface area contributed by atoms with Crippen molar-refractivity contribution in [2.24, 2.45) is 0 Å². The van der Waals surface area contributed by atoms with E-state index in [0.29, 0.717) is 18.0 Å². The van der Waals surface area contributed by atoms with Crippen molar-refractivity contribution in [2.45, 2.75) is 79.1 Å². The third kappa shape index (κ3) is 5.22. The van der Waals surface area contributed by atoms with Crippen LogP contribution in [0.3, 0.4) is 0 Å². The Morgan fingerprint density at radius 3 is 1.70 bits per heavy atom. The van der Waals surface area contributed by atoms with Gasteiger partial charge in [-0.3, -0.25) is 4.79 Å². The monoisotopic (exact) mass is 430 g/mol. The van der Waals surface area contributed by atoms with E-state index in [0.717, 1.165) is 33.4 Å². The molecule has 2 rings (SSSR count). The number of hydrogen-bond donors (Lipinski definition) is 1. The molecule has 2 unspecified atom stereocenters. The van der Waals surface area contributed by atoms with Crippen LogP contribution in [-0.4, -0.2) is 11.4 Å². The minimum Gasteiger partial charge on any atom is -0.449 e. The maximum absolute atomic E-state index is 11.4. The summed E-state index contributed by atoms with van der Waals surface area (Å²) >= 11 is 0. The average Bonchev–Trinajstić information content (AvgIpc) is 2.61. The van der Waals surface area contributed by atoms with Gasteiger partial charge in [-0.15, -0.1) is 0 Å². The van der Waals surface area contributed by atoms with Gasteiger partial charge in [0.15, 0.2) is 0 Å². The van der Waals surface area contributed by atoms with Gasteiger partial charge in [0.2, 0.25) is 9.03 Å². The quantitative estimate of drug-likeness (QED) is 0.422. The number of carbonyl (C=O) groups is 1. The summed E-state index contributed by atoms with van der Waals surface area (Å²) in [6, 6.07) is 8.37. The van der Waals surface area contributed by atoms with Crippen LogP contribution in [0.4, 0.5) is 0 Å².